The number of fused-ring (bicyclic) bond motifs is 1. The number of hydrogen-bond donors (Lipinski definition) is 3. The van der Waals surface area contributed by atoms with E-state index >= 15 is 0 Å². The van der Waals surface area contributed by atoms with Crippen LogP contribution in [0.15, 0.2) is 0 Å². The first kappa shape index (κ1) is 13.1. The number of aliphatic carboxylic acids is 1. The molecule has 6 heteroatoms. The highest BCUT2D eigenvalue weighted by molar-refractivity contribution is 5.82. The Morgan fingerprint density at radius 1 is 1.28 bits per heavy atom. The summed E-state index contributed by atoms with van der Waals surface area (Å²) >= 11 is 0. The van der Waals surface area contributed by atoms with Crippen LogP contribution in [0.25, 0.3) is 0 Å². The van der Waals surface area contributed by atoms with E-state index in [9.17, 15) is 9.59 Å². The van der Waals surface area contributed by atoms with Crippen molar-refractivity contribution < 1.29 is 19.8 Å². The summed E-state index contributed by atoms with van der Waals surface area (Å²) in [5.74, 6) is 0.0885. The van der Waals surface area contributed by atoms with Crippen LogP contribution in [-0.4, -0.2) is 52.9 Å². The monoisotopic (exact) mass is 256 g/mol. The minimum Gasteiger partial charge on any atom is -0.480 e. The topological polar surface area (TPSA) is 89.9 Å². The maximum Gasteiger partial charge on any atom is 0.326 e. The number of carbonyl (C=O) groups is 2. The third kappa shape index (κ3) is 2.75. The summed E-state index contributed by atoms with van der Waals surface area (Å²) in [4.78, 5) is 24.5. The molecule has 1 aliphatic carbocycles. The van der Waals surface area contributed by atoms with Crippen molar-refractivity contribution in [3.05, 3.63) is 0 Å². The first-order valence-corrected chi connectivity index (χ1v) is 6.51. The molecule has 1 heterocycles. The lowest BCUT2D eigenvalue weighted by Crippen LogP contribution is -2.47. The molecule has 102 valence electrons. The highest BCUT2D eigenvalue weighted by atomic mass is 16.4. The zero-order chi connectivity index (χ0) is 13.1. The lowest BCUT2D eigenvalue weighted by Gasteiger charge is -2.21. The smallest absolute Gasteiger partial charge is 0.326 e. The number of urea groups is 1. The Hall–Kier alpha value is -1.30. The molecule has 0 aromatic rings. The maximum absolute atomic E-state index is 11.9. The SMILES string of the molecule is O=C(O)[C@H](CCO)NC(=O)N1CC2CCCC2C1. The first-order chi connectivity index (χ1) is 8.61. The fourth-order valence-electron chi connectivity index (χ4n) is 3.03. The summed E-state index contributed by atoms with van der Waals surface area (Å²) in [6.07, 6.45) is 3.63. The average Bonchev–Trinajstić information content (AvgIpc) is 2.87. The van der Waals surface area contributed by atoms with Crippen LogP contribution in [0.1, 0.15) is 25.7 Å². The zero-order valence-electron chi connectivity index (χ0n) is 10.3. The van der Waals surface area contributed by atoms with E-state index in [2.05, 4.69) is 5.32 Å². The van der Waals surface area contributed by atoms with Crippen LogP contribution < -0.4 is 5.32 Å². The largest absolute Gasteiger partial charge is 0.480 e. The average molecular weight is 256 g/mol. The number of carbonyl (C=O) groups excluding carboxylic acids is 1. The second-order valence-corrected chi connectivity index (χ2v) is 5.21. The molecule has 2 aliphatic rings. The molecular formula is C12H20N2O4. The Morgan fingerprint density at radius 2 is 1.89 bits per heavy atom. The Balaban J connectivity index is 1.86. The molecule has 1 saturated heterocycles. The Labute approximate surface area is 106 Å². The minimum absolute atomic E-state index is 0.0434. The molecule has 1 aliphatic heterocycles. The van der Waals surface area contributed by atoms with E-state index in [4.69, 9.17) is 10.2 Å². The van der Waals surface area contributed by atoms with Gasteiger partial charge in [0.1, 0.15) is 6.04 Å². The van der Waals surface area contributed by atoms with Crippen LogP contribution >= 0.6 is 0 Å². The van der Waals surface area contributed by atoms with E-state index in [0.29, 0.717) is 11.8 Å². The summed E-state index contributed by atoms with van der Waals surface area (Å²) in [5, 5.41) is 20.2. The van der Waals surface area contributed by atoms with Gasteiger partial charge in [0.25, 0.3) is 0 Å². The van der Waals surface area contributed by atoms with Gasteiger partial charge in [-0.1, -0.05) is 6.42 Å². The molecule has 3 N–H and O–H groups in total. The van der Waals surface area contributed by atoms with Gasteiger partial charge >= 0.3 is 12.0 Å². The first-order valence-electron chi connectivity index (χ1n) is 6.51. The van der Waals surface area contributed by atoms with Crippen molar-refractivity contribution >= 4 is 12.0 Å². The number of aliphatic hydroxyl groups excluding tert-OH is 1. The van der Waals surface area contributed by atoms with Gasteiger partial charge < -0.3 is 20.4 Å². The van der Waals surface area contributed by atoms with Gasteiger partial charge in [-0.15, -0.1) is 0 Å². The van der Waals surface area contributed by atoms with Crippen LogP contribution in [-0.2, 0) is 4.79 Å². The Kier molecular flexibility index (Phi) is 4.06. The predicted molar refractivity (Wildman–Crippen MR) is 64.1 cm³/mol. The highest BCUT2D eigenvalue weighted by Crippen LogP contribution is 2.37. The molecule has 0 aromatic carbocycles. The number of aliphatic hydroxyl groups is 1. The summed E-state index contributed by atoms with van der Waals surface area (Å²) in [6.45, 7) is 1.23. The second kappa shape index (κ2) is 5.56. The fourth-order valence-corrected chi connectivity index (χ4v) is 3.03. The van der Waals surface area contributed by atoms with Crippen molar-refractivity contribution in [3.8, 4) is 0 Å². The lowest BCUT2D eigenvalue weighted by molar-refractivity contribution is -0.139. The normalized spacial score (nSPS) is 27.9. The molecule has 1 saturated carbocycles. The van der Waals surface area contributed by atoms with Gasteiger partial charge in [-0.2, -0.15) is 0 Å². The van der Waals surface area contributed by atoms with E-state index in [0.717, 1.165) is 13.1 Å². The van der Waals surface area contributed by atoms with Gasteiger partial charge in [0, 0.05) is 26.1 Å². The Morgan fingerprint density at radius 3 is 2.39 bits per heavy atom. The third-order valence-electron chi connectivity index (χ3n) is 4.03. The van der Waals surface area contributed by atoms with Crippen LogP contribution in [0.5, 0.6) is 0 Å². The summed E-state index contributed by atoms with van der Waals surface area (Å²) < 4.78 is 0. The quantitative estimate of drug-likeness (QED) is 0.673. The zero-order valence-corrected chi connectivity index (χ0v) is 10.3. The number of likely N-dealkylation sites (tertiary alicyclic amines) is 1. The number of carboxylic acids is 1. The number of rotatable bonds is 4. The molecular weight excluding hydrogens is 236 g/mol. The highest BCUT2D eigenvalue weighted by Gasteiger charge is 2.38. The Bertz CT molecular complexity index is 322. The number of nitrogens with one attached hydrogen (secondary N) is 1. The molecule has 2 unspecified atom stereocenters. The molecule has 0 radical (unpaired) electrons. The number of carboxylic acid groups (broad SMARTS) is 1. The van der Waals surface area contributed by atoms with Gasteiger partial charge in [0.05, 0.1) is 0 Å². The summed E-state index contributed by atoms with van der Waals surface area (Å²) in [7, 11) is 0. The van der Waals surface area contributed by atoms with Crippen molar-refractivity contribution in [1.82, 2.24) is 10.2 Å². The van der Waals surface area contributed by atoms with Crippen LogP contribution in [0.2, 0.25) is 0 Å². The van der Waals surface area contributed by atoms with Gasteiger partial charge in [-0.05, 0) is 24.7 Å². The van der Waals surface area contributed by atoms with Gasteiger partial charge in [-0.3, -0.25) is 0 Å². The van der Waals surface area contributed by atoms with E-state index in [1.807, 2.05) is 0 Å². The van der Waals surface area contributed by atoms with E-state index in [1.54, 1.807) is 4.90 Å². The van der Waals surface area contributed by atoms with Crippen molar-refractivity contribution in [2.24, 2.45) is 11.8 Å². The van der Waals surface area contributed by atoms with Crippen molar-refractivity contribution in [2.75, 3.05) is 19.7 Å². The molecule has 6 nitrogen and oxygen atoms in total. The summed E-state index contributed by atoms with van der Waals surface area (Å²) in [5.41, 5.74) is 0. The summed E-state index contributed by atoms with van der Waals surface area (Å²) in [6, 6.07) is -1.31. The third-order valence-corrected chi connectivity index (χ3v) is 4.03. The number of hydrogen-bond acceptors (Lipinski definition) is 3. The molecule has 18 heavy (non-hydrogen) atoms. The number of amides is 2. The minimum atomic E-state index is -1.10. The number of nitrogens with zero attached hydrogens (tertiary/aromatic N) is 1. The lowest BCUT2D eigenvalue weighted by atomic mass is 10.0. The molecule has 0 bridgehead atoms. The fraction of sp³-hybridized carbons (Fsp3) is 0.833. The molecule has 3 atom stereocenters. The molecule has 2 fully saturated rings. The van der Waals surface area contributed by atoms with E-state index < -0.39 is 12.0 Å². The second-order valence-electron chi connectivity index (χ2n) is 5.21. The molecule has 0 spiro atoms. The van der Waals surface area contributed by atoms with Crippen molar-refractivity contribution in [2.45, 2.75) is 31.7 Å². The van der Waals surface area contributed by atoms with Gasteiger partial charge in [0.2, 0.25) is 0 Å². The van der Waals surface area contributed by atoms with Crippen LogP contribution in [0, 0.1) is 11.8 Å². The van der Waals surface area contributed by atoms with Crippen molar-refractivity contribution in [3.63, 3.8) is 0 Å². The van der Waals surface area contributed by atoms with Gasteiger partial charge in [0.15, 0.2) is 0 Å². The van der Waals surface area contributed by atoms with E-state index in [1.165, 1.54) is 19.3 Å². The molecule has 0 aromatic heterocycles. The standard InChI is InChI=1S/C12H20N2O4/c15-5-4-10(11(16)17)13-12(18)14-6-8-2-1-3-9(8)7-14/h8-10,15H,1-7H2,(H,13,18)(H,16,17)/t8?,9?,10-/m0/s1. The van der Waals surface area contributed by atoms with Crippen LogP contribution in [0.3, 0.4) is 0 Å². The maximum atomic E-state index is 11.9. The molecule has 2 rings (SSSR count). The molecule has 2 amide bonds. The van der Waals surface area contributed by atoms with Gasteiger partial charge in [-0.25, -0.2) is 9.59 Å². The van der Waals surface area contributed by atoms with Crippen LogP contribution in [0.4, 0.5) is 4.79 Å². The van der Waals surface area contributed by atoms with Crippen molar-refractivity contribution in [1.29, 1.82) is 0 Å². The predicted octanol–water partition coefficient (Wildman–Crippen LogP) is 0.263. The van der Waals surface area contributed by atoms with E-state index in [-0.39, 0.29) is 19.1 Å².